The maximum absolute atomic E-state index is 14.0. The number of fused-ring (bicyclic) bond motifs is 3. The first-order valence-electron chi connectivity index (χ1n) is 12.3. The number of carbonyl (C=O) groups excluding carboxylic acids is 3. The second-order valence-corrected chi connectivity index (χ2v) is 14.1. The fourth-order valence-electron chi connectivity index (χ4n) is 5.46. The third-order valence-corrected chi connectivity index (χ3v) is 10.8. The summed E-state index contributed by atoms with van der Waals surface area (Å²) in [7, 11) is -2.00. The Morgan fingerprint density at radius 2 is 1.37 bits per heavy atom. The van der Waals surface area contributed by atoms with Gasteiger partial charge in [0.15, 0.2) is 0 Å². The minimum absolute atomic E-state index is 0.218. The second kappa shape index (κ2) is 8.67. The third-order valence-electron chi connectivity index (χ3n) is 7.23. The molecule has 4 aromatic rings. The van der Waals surface area contributed by atoms with Crippen molar-refractivity contribution in [3.63, 3.8) is 0 Å². The Kier molecular flexibility index (Phi) is 5.39. The van der Waals surface area contributed by atoms with Crippen LogP contribution in [0.15, 0.2) is 104 Å². The van der Waals surface area contributed by atoms with Crippen LogP contribution in [0.3, 0.4) is 0 Å². The van der Waals surface area contributed by atoms with Crippen LogP contribution in [0.1, 0.15) is 20.7 Å². The van der Waals surface area contributed by atoms with Crippen molar-refractivity contribution < 1.29 is 19.1 Å². The van der Waals surface area contributed by atoms with Crippen LogP contribution in [-0.2, 0) is 4.79 Å². The van der Waals surface area contributed by atoms with Gasteiger partial charge in [0.1, 0.15) is 13.8 Å². The topological polar surface area (TPSA) is 66.9 Å². The van der Waals surface area contributed by atoms with E-state index < -0.39 is 25.9 Å². The first-order chi connectivity index (χ1) is 18.3. The highest BCUT2D eigenvalue weighted by molar-refractivity contribution is 7.02. The largest absolute Gasteiger partial charge is 0.423 e. The summed E-state index contributed by atoms with van der Waals surface area (Å²) in [5, 5.41) is 2.53. The lowest BCUT2D eigenvalue weighted by Crippen LogP contribution is -2.58. The Hall–Kier alpha value is -4.75. The summed E-state index contributed by atoms with van der Waals surface area (Å²) in [4.78, 5) is 42.5. The average molecular weight is 517 g/mol. The second-order valence-electron chi connectivity index (χ2n) is 9.76. The molecular weight excluding hydrogens is 492 g/mol. The summed E-state index contributed by atoms with van der Waals surface area (Å²) < 4.78 is 5.22. The number of hydrogen-bond donors (Lipinski definition) is 0. The molecule has 38 heavy (non-hydrogen) atoms. The molecule has 0 N–H and O–H groups in total. The Labute approximate surface area is 221 Å². The molecule has 6 rings (SSSR count). The van der Waals surface area contributed by atoms with E-state index in [1.54, 1.807) is 24.3 Å². The minimum Gasteiger partial charge on any atom is -0.423 e. The van der Waals surface area contributed by atoms with Gasteiger partial charge < -0.3 is 9.64 Å². The molecule has 186 valence electrons. The van der Waals surface area contributed by atoms with E-state index in [-0.39, 0.29) is 5.75 Å². The Morgan fingerprint density at radius 1 is 0.763 bits per heavy atom. The molecule has 2 heterocycles. The lowest BCUT2D eigenvalue weighted by atomic mass is 10.0. The summed E-state index contributed by atoms with van der Waals surface area (Å²) >= 11 is 0. The van der Waals surface area contributed by atoms with Gasteiger partial charge in [0.2, 0.25) is 0 Å². The number of para-hydroxylation sites is 2. The molecule has 0 bridgehead atoms. The number of hydrogen-bond acceptors (Lipinski definition) is 5. The van der Waals surface area contributed by atoms with Gasteiger partial charge in [-0.05, 0) is 46.8 Å². The maximum Gasteiger partial charge on any atom is 0.335 e. The maximum atomic E-state index is 14.0. The Bertz CT molecular complexity index is 1630. The number of rotatable bonds is 4. The monoisotopic (exact) mass is 516 g/mol. The summed E-state index contributed by atoms with van der Waals surface area (Å²) in [5.41, 5.74) is 3.70. The number of anilines is 4. The van der Waals surface area contributed by atoms with Crippen molar-refractivity contribution in [2.24, 2.45) is 0 Å². The summed E-state index contributed by atoms with van der Waals surface area (Å²) in [6.07, 6.45) is 1.05. The first-order valence-corrected chi connectivity index (χ1v) is 15.3. The van der Waals surface area contributed by atoms with Gasteiger partial charge in [-0.25, -0.2) is 9.69 Å². The quantitative estimate of drug-likeness (QED) is 0.123. The number of esters is 1. The summed E-state index contributed by atoms with van der Waals surface area (Å²) in [6, 6.07) is 28.4. The SMILES string of the molecule is C=CC(=O)Oc1cccc(N2C(=O)c3cccc(N4c5ccccc5[Si](C)(C)c5ccccc54)c3C2=O)c1. The normalized spacial score (nSPS) is 15.0. The predicted octanol–water partition coefficient (Wildman–Crippen LogP) is 5.18. The highest BCUT2D eigenvalue weighted by Gasteiger charge is 2.43. The van der Waals surface area contributed by atoms with Crippen molar-refractivity contribution in [1.82, 2.24) is 0 Å². The molecule has 4 aromatic carbocycles. The summed E-state index contributed by atoms with van der Waals surface area (Å²) in [6.45, 7) is 8.07. The van der Waals surface area contributed by atoms with Crippen LogP contribution in [0.25, 0.3) is 0 Å². The number of nitrogens with zero attached hydrogens (tertiary/aromatic N) is 2. The third kappa shape index (κ3) is 3.43. The van der Waals surface area contributed by atoms with Gasteiger partial charge in [0, 0.05) is 23.5 Å². The average Bonchev–Trinajstić information content (AvgIpc) is 3.19. The summed E-state index contributed by atoms with van der Waals surface area (Å²) in [5.74, 6) is -1.26. The molecule has 0 radical (unpaired) electrons. The molecule has 0 atom stereocenters. The van der Waals surface area contributed by atoms with E-state index in [4.69, 9.17) is 4.74 Å². The van der Waals surface area contributed by atoms with Gasteiger partial charge >= 0.3 is 5.97 Å². The van der Waals surface area contributed by atoms with Crippen LogP contribution in [0.4, 0.5) is 22.7 Å². The zero-order valence-corrected chi connectivity index (χ0v) is 22.0. The van der Waals surface area contributed by atoms with E-state index in [1.165, 1.54) is 16.4 Å². The standard InChI is InChI=1S/C31H24N2O4Si/c1-4-28(34)37-21-12-9-11-20(19-21)32-30(35)22-13-10-16-25(29(22)31(32)36)33-23-14-5-7-17-26(23)38(2,3)27-18-8-6-15-24(27)33/h4-19H,1H2,2-3H3. The Balaban J connectivity index is 1.51. The van der Waals surface area contributed by atoms with E-state index in [9.17, 15) is 14.4 Å². The van der Waals surface area contributed by atoms with E-state index in [0.29, 0.717) is 22.5 Å². The Morgan fingerprint density at radius 3 is 2.03 bits per heavy atom. The van der Waals surface area contributed by atoms with Gasteiger partial charge in [-0.1, -0.05) is 68.2 Å². The molecule has 2 aliphatic rings. The molecule has 0 saturated carbocycles. The molecule has 0 aromatic heterocycles. The van der Waals surface area contributed by atoms with Gasteiger partial charge in [-0.15, -0.1) is 0 Å². The van der Waals surface area contributed by atoms with Crippen LogP contribution in [0, 0.1) is 0 Å². The van der Waals surface area contributed by atoms with Crippen LogP contribution in [0.2, 0.25) is 13.1 Å². The highest BCUT2D eigenvalue weighted by atomic mass is 28.3. The van der Waals surface area contributed by atoms with E-state index in [1.807, 2.05) is 24.3 Å². The molecule has 0 spiro atoms. The lowest BCUT2D eigenvalue weighted by Gasteiger charge is -2.41. The van der Waals surface area contributed by atoms with Gasteiger partial charge in [-0.2, -0.15) is 0 Å². The molecule has 2 aliphatic heterocycles. The molecule has 6 nitrogen and oxygen atoms in total. The number of carbonyl (C=O) groups is 3. The predicted molar refractivity (Wildman–Crippen MR) is 151 cm³/mol. The van der Waals surface area contributed by atoms with Crippen molar-refractivity contribution in [2.45, 2.75) is 13.1 Å². The van der Waals surface area contributed by atoms with E-state index >= 15 is 0 Å². The number of amides is 2. The van der Waals surface area contributed by atoms with Crippen LogP contribution in [0.5, 0.6) is 5.75 Å². The van der Waals surface area contributed by atoms with Crippen molar-refractivity contribution in [1.29, 1.82) is 0 Å². The first kappa shape index (κ1) is 23.6. The van der Waals surface area contributed by atoms with Crippen molar-refractivity contribution in [2.75, 3.05) is 9.80 Å². The number of imide groups is 1. The van der Waals surface area contributed by atoms with Crippen molar-refractivity contribution in [3.8, 4) is 5.75 Å². The van der Waals surface area contributed by atoms with Gasteiger partial charge in [0.05, 0.1) is 22.5 Å². The van der Waals surface area contributed by atoms with Crippen LogP contribution in [-0.4, -0.2) is 25.9 Å². The molecule has 0 aliphatic carbocycles. The smallest absolute Gasteiger partial charge is 0.335 e. The zero-order valence-electron chi connectivity index (χ0n) is 21.0. The van der Waals surface area contributed by atoms with Crippen molar-refractivity contribution in [3.05, 3.63) is 115 Å². The minimum atomic E-state index is -2.00. The molecule has 0 saturated heterocycles. The van der Waals surface area contributed by atoms with Gasteiger partial charge in [-0.3, -0.25) is 9.59 Å². The van der Waals surface area contributed by atoms with E-state index in [2.05, 4.69) is 61.0 Å². The molecule has 0 fully saturated rings. The molecular formula is C31H24N2O4Si. The van der Waals surface area contributed by atoms with Crippen LogP contribution < -0.4 is 24.9 Å². The van der Waals surface area contributed by atoms with Crippen molar-refractivity contribution >= 4 is 59.0 Å². The number of benzene rings is 4. The molecule has 0 unspecified atom stereocenters. The zero-order chi connectivity index (χ0) is 26.6. The van der Waals surface area contributed by atoms with Gasteiger partial charge in [0.25, 0.3) is 11.8 Å². The molecule has 2 amide bonds. The number of ether oxygens (including phenoxy) is 1. The lowest BCUT2D eigenvalue weighted by molar-refractivity contribution is -0.128. The fourth-order valence-corrected chi connectivity index (χ4v) is 8.45. The highest BCUT2D eigenvalue weighted by Crippen LogP contribution is 2.43. The molecule has 7 heteroatoms. The van der Waals surface area contributed by atoms with Crippen LogP contribution >= 0.6 is 0 Å². The van der Waals surface area contributed by atoms with E-state index in [0.717, 1.165) is 22.4 Å². The fraction of sp³-hybridized carbons (Fsp3) is 0.0645.